The fraction of sp³-hybridized carbons (Fsp3) is 0.533. The first-order valence-corrected chi connectivity index (χ1v) is 11.1. The minimum Gasteiger partial charge on any atom is -0.459 e. The molecule has 1 aromatic carbocycles. The fourth-order valence-electron chi connectivity index (χ4n) is 1.88. The third kappa shape index (κ3) is 10.9. The van der Waals surface area contributed by atoms with E-state index < -0.39 is 32.3 Å². The summed E-state index contributed by atoms with van der Waals surface area (Å²) in [6, 6.07) is 8.93. The third-order valence-electron chi connectivity index (χ3n) is 2.94. The van der Waals surface area contributed by atoms with Crippen LogP contribution in [0.15, 0.2) is 30.3 Å². The molecule has 8 nitrogen and oxygen atoms in total. The van der Waals surface area contributed by atoms with E-state index in [1.165, 1.54) is 0 Å². The Morgan fingerprint density at radius 2 is 1.64 bits per heavy atom. The van der Waals surface area contributed by atoms with Crippen LogP contribution in [0.2, 0.25) is 0 Å². The minimum atomic E-state index is -3.85. The number of ether oxygens (including phenoxy) is 1. The topological polar surface area (TPSA) is 113 Å². The number of carbonyl (C=O) groups is 1. The van der Waals surface area contributed by atoms with E-state index in [1.807, 2.05) is 6.07 Å². The molecule has 1 rings (SSSR count). The summed E-state index contributed by atoms with van der Waals surface area (Å²) in [4.78, 5) is 12.1. The Kier molecular flexibility index (Phi) is 8.50. The molecule has 0 amide bonds. The summed E-state index contributed by atoms with van der Waals surface area (Å²) in [7, 11) is -7.37. The van der Waals surface area contributed by atoms with Crippen molar-refractivity contribution >= 4 is 26.2 Å². The Morgan fingerprint density at radius 1 is 1.00 bits per heavy atom. The van der Waals surface area contributed by atoms with E-state index in [-0.39, 0.29) is 19.6 Å². The lowest BCUT2D eigenvalue weighted by Gasteiger charge is -2.15. The molecule has 1 atom stereocenters. The van der Waals surface area contributed by atoms with Crippen molar-refractivity contribution < 1.29 is 34.7 Å². The first-order chi connectivity index (χ1) is 11.6. The van der Waals surface area contributed by atoms with Gasteiger partial charge in [-0.15, -0.1) is 0 Å². The summed E-state index contributed by atoms with van der Waals surface area (Å²) < 4.78 is 58.7. The molecule has 0 spiro atoms. The van der Waals surface area contributed by atoms with Gasteiger partial charge in [-0.3, -0.25) is 8.37 Å². The van der Waals surface area contributed by atoms with Gasteiger partial charge in [0.05, 0.1) is 19.1 Å². The molecule has 0 aliphatic carbocycles. The second-order valence-corrected chi connectivity index (χ2v) is 8.65. The standard InChI is InChI=1S/C15H22O8S2/c1-24(17,18)22-11-7-6-10-14(23-25(2,19)20)15(16)21-12-13-8-4-3-5-9-13/h3-5,8-9,14H,6-7,10-12H2,1-2H3. The lowest BCUT2D eigenvalue weighted by molar-refractivity contribution is -0.153. The van der Waals surface area contributed by atoms with Gasteiger partial charge in [-0.2, -0.15) is 16.8 Å². The fourth-order valence-corrected chi connectivity index (χ4v) is 2.90. The summed E-state index contributed by atoms with van der Waals surface area (Å²) in [6.45, 7) is -0.0516. The maximum absolute atomic E-state index is 12.1. The van der Waals surface area contributed by atoms with Crippen LogP contribution in [0.4, 0.5) is 0 Å². The Bertz CT molecular complexity index is 741. The smallest absolute Gasteiger partial charge is 0.337 e. The molecule has 10 heteroatoms. The van der Waals surface area contributed by atoms with Crippen molar-refractivity contribution in [1.82, 2.24) is 0 Å². The summed E-state index contributed by atoms with van der Waals surface area (Å²) >= 11 is 0. The molecular weight excluding hydrogens is 372 g/mol. The first-order valence-electron chi connectivity index (χ1n) is 7.50. The molecule has 0 aromatic heterocycles. The van der Waals surface area contributed by atoms with Crippen molar-refractivity contribution in [2.24, 2.45) is 0 Å². The summed E-state index contributed by atoms with van der Waals surface area (Å²) in [6.07, 6.45) is 1.21. The van der Waals surface area contributed by atoms with Gasteiger partial charge < -0.3 is 4.74 Å². The molecule has 0 saturated carbocycles. The molecule has 25 heavy (non-hydrogen) atoms. The van der Waals surface area contributed by atoms with Crippen molar-refractivity contribution in [3.8, 4) is 0 Å². The average Bonchev–Trinajstić information content (AvgIpc) is 2.50. The Morgan fingerprint density at radius 3 is 2.20 bits per heavy atom. The Balaban J connectivity index is 2.52. The molecule has 0 heterocycles. The molecular formula is C15H22O8S2. The highest BCUT2D eigenvalue weighted by Crippen LogP contribution is 2.12. The Hall–Kier alpha value is -1.49. The molecule has 1 aromatic rings. The summed E-state index contributed by atoms with van der Waals surface area (Å²) in [5, 5.41) is 0. The van der Waals surface area contributed by atoms with Crippen molar-refractivity contribution in [2.45, 2.75) is 32.0 Å². The zero-order chi connectivity index (χ0) is 18.9. The van der Waals surface area contributed by atoms with Crippen LogP contribution in [-0.4, -0.2) is 48.0 Å². The molecule has 1 unspecified atom stereocenters. The second kappa shape index (κ2) is 9.85. The van der Waals surface area contributed by atoms with Crippen LogP contribution in [0, 0.1) is 0 Å². The first kappa shape index (κ1) is 21.6. The van der Waals surface area contributed by atoms with Crippen LogP contribution in [0.1, 0.15) is 24.8 Å². The van der Waals surface area contributed by atoms with Gasteiger partial charge in [0.25, 0.3) is 20.2 Å². The SMILES string of the molecule is CS(=O)(=O)OCCCCC(OS(C)(=O)=O)C(=O)OCc1ccccc1. The van der Waals surface area contributed by atoms with Gasteiger partial charge in [-0.1, -0.05) is 30.3 Å². The largest absolute Gasteiger partial charge is 0.459 e. The predicted octanol–water partition coefficient (Wildman–Crippen LogP) is 1.22. The van der Waals surface area contributed by atoms with E-state index in [2.05, 4.69) is 4.18 Å². The number of benzene rings is 1. The molecule has 0 radical (unpaired) electrons. The van der Waals surface area contributed by atoms with Gasteiger partial charge in [0.1, 0.15) is 6.61 Å². The minimum absolute atomic E-state index is 0.000481. The number of unbranched alkanes of at least 4 members (excludes halogenated alkanes) is 1. The predicted molar refractivity (Wildman–Crippen MR) is 90.6 cm³/mol. The summed E-state index contributed by atoms with van der Waals surface area (Å²) in [5.41, 5.74) is 0.760. The number of esters is 1. The lowest BCUT2D eigenvalue weighted by Crippen LogP contribution is -2.29. The highest BCUT2D eigenvalue weighted by atomic mass is 32.2. The number of rotatable bonds is 11. The van der Waals surface area contributed by atoms with Gasteiger partial charge in [0.2, 0.25) is 0 Å². The van der Waals surface area contributed by atoms with Crippen molar-refractivity contribution in [1.29, 1.82) is 0 Å². The van der Waals surface area contributed by atoms with Crippen LogP contribution in [0.5, 0.6) is 0 Å². The molecule has 0 aliphatic heterocycles. The normalized spacial score (nSPS) is 13.4. The number of hydrogen-bond donors (Lipinski definition) is 0. The third-order valence-corrected chi connectivity index (χ3v) is 4.11. The molecule has 142 valence electrons. The van der Waals surface area contributed by atoms with E-state index in [0.29, 0.717) is 12.8 Å². The maximum atomic E-state index is 12.1. The van der Waals surface area contributed by atoms with Crippen molar-refractivity contribution in [3.05, 3.63) is 35.9 Å². The van der Waals surface area contributed by atoms with E-state index in [9.17, 15) is 21.6 Å². The number of carbonyl (C=O) groups excluding carboxylic acids is 1. The Labute approximate surface area is 148 Å². The van der Waals surface area contributed by atoms with E-state index in [0.717, 1.165) is 18.1 Å². The van der Waals surface area contributed by atoms with E-state index in [1.54, 1.807) is 24.3 Å². The van der Waals surface area contributed by atoms with Gasteiger partial charge >= 0.3 is 5.97 Å². The van der Waals surface area contributed by atoms with Gasteiger partial charge in [-0.05, 0) is 24.8 Å². The van der Waals surface area contributed by atoms with Crippen LogP contribution in [0.25, 0.3) is 0 Å². The lowest BCUT2D eigenvalue weighted by atomic mass is 10.1. The van der Waals surface area contributed by atoms with E-state index >= 15 is 0 Å². The quantitative estimate of drug-likeness (QED) is 0.313. The van der Waals surface area contributed by atoms with E-state index in [4.69, 9.17) is 8.92 Å². The highest BCUT2D eigenvalue weighted by Gasteiger charge is 2.25. The van der Waals surface area contributed by atoms with Gasteiger partial charge in [0, 0.05) is 0 Å². The average molecular weight is 394 g/mol. The molecule has 0 aliphatic rings. The highest BCUT2D eigenvalue weighted by molar-refractivity contribution is 7.86. The molecule has 0 fully saturated rings. The van der Waals surface area contributed by atoms with Gasteiger partial charge in [-0.25, -0.2) is 4.79 Å². The monoisotopic (exact) mass is 394 g/mol. The second-order valence-electron chi connectivity index (χ2n) is 5.40. The molecule has 0 saturated heterocycles. The zero-order valence-electron chi connectivity index (χ0n) is 14.1. The summed E-state index contributed by atoms with van der Waals surface area (Å²) in [5.74, 6) is -0.793. The maximum Gasteiger partial charge on any atom is 0.337 e. The van der Waals surface area contributed by atoms with Crippen LogP contribution in [-0.2, 0) is 44.7 Å². The zero-order valence-corrected chi connectivity index (χ0v) is 15.7. The van der Waals surface area contributed by atoms with Crippen LogP contribution >= 0.6 is 0 Å². The number of hydrogen-bond acceptors (Lipinski definition) is 8. The molecule has 0 N–H and O–H groups in total. The van der Waals surface area contributed by atoms with Crippen LogP contribution < -0.4 is 0 Å². The van der Waals surface area contributed by atoms with Crippen molar-refractivity contribution in [3.63, 3.8) is 0 Å². The van der Waals surface area contributed by atoms with Crippen LogP contribution in [0.3, 0.4) is 0 Å². The van der Waals surface area contributed by atoms with Crippen molar-refractivity contribution in [2.75, 3.05) is 19.1 Å². The molecule has 0 bridgehead atoms. The van der Waals surface area contributed by atoms with Gasteiger partial charge in [0.15, 0.2) is 6.10 Å².